The number of fused-ring (bicyclic) bond motifs is 1. The molecule has 0 aliphatic carbocycles. The number of rotatable bonds is 10. The summed E-state index contributed by atoms with van der Waals surface area (Å²) in [6.45, 7) is 4.21. The van der Waals surface area contributed by atoms with E-state index in [0.717, 1.165) is 45.8 Å². The summed E-state index contributed by atoms with van der Waals surface area (Å²) >= 11 is 0. The standard InChI is InChI=1S/C34H35N3O6/c1-34(2,21-38)35-28-18-17-25(27-20-37(36(3)32(27)28)29-9-7-8-10-30(29)41-5)26-16-15-24(19-31(26)42-6)43-33(39)22-11-13-23(40-4)14-12-22/h7-19,21,35H,20H2,1-6H3. The molecule has 4 aromatic carbocycles. The van der Waals surface area contributed by atoms with Crippen molar-refractivity contribution in [2.75, 3.05) is 43.7 Å². The molecule has 5 rings (SSSR count). The van der Waals surface area contributed by atoms with Gasteiger partial charge in [0, 0.05) is 24.2 Å². The molecule has 9 nitrogen and oxygen atoms in total. The molecule has 0 bridgehead atoms. The molecule has 0 fully saturated rings. The number of esters is 1. The van der Waals surface area contributed by atoms with Crippen LogP contribution in [0.2, 0.25) is 0 Å². The lowest BCUT2D eigenvalue weighted by atomic mass is 9.95. The first-order valence-electron chi connectivity index (χ1n) is 13.8. The van der Waals surface area contributed by atoms with Gasteiger partial charge in [0.15, 0.2) is 0 Å². The van der Waals surface area contributed by atoms with Gasteiger partial charge in [0.25, 0.3) is 0 Å². The lowest BCUT2D eigenvalue weighted by molar-refractivity contribution is -0.110. The van der Waals surface area contributed by atoms with E-state index in [1.54, 1.807) is 57.7 Å². The Morgan fingerprint density at radius 3 is 2.19 bits per heavy atom. The second-order valence-corrected chi connectivity index (χ2v) is 10.7. The summed E-state index contributed by atoms with van der Waals surface area (Å²) in [5.74, 6) is 1.82. The quantitative estimate of drug-likeness (QED) is 0.131. The van der Waals surface area contributed by atoms with Gasteiger partial charge in [0.1, 0.15) is 29.3 Å². The Hall–Kier alpha value is -5.18. The highest BCUT2D eigenvalue weighted by Crippen LogP contribution is 2.48. The third-order valence-electron chi connectivity index (χ3n) is 7.39. The van der Waals surface area contributed by atoms with E-state index in [1.807, 2.05) is 63.4 Å². The van der Waals surface area contributed by atoms with E-state index in [0.29, 0.717) is 29.4 Å². The van der Waals surface area contributed by atoms with Crippen molar-refractivity contribution < 1.29 is 28.5 Å². The second-order valence-electron chi connectivity index (χ2n) is 10.7. The number of aldehydes is 1. The molecule has 0 atom stereocenters. The molecule has 0 amide bonds. The van der Waals surface area contributed by atoms with Crippen LogP contribution in [0.15, 0.2) is 78.9 Å². The first kappa shape index (κ1) is 29.3. The number of hydrogen-bond acceptors (Lipinski definition) is 9. The maximum absolute atomic E-state index is 12.8. The summed E-state index contributed by atoms with van der Waals surface area (Å²) in [4.78, 5) is 24.6. The van der Waals surface area contributed by atoms with E-state index >= 15 is 0 Å². The van der Waals surface area contributed by atoms with E-state index in [9.17, 15) is 9.59 Å². The van der Waals surface area contributed by atoms with E-state index in [1.165, 1.54) is 0 Å². The van der Waals surface area contributed by atoms with Gasteiger partial charge in [-0.15, -0.1) is 0 Å². The summed E-state index contributed by atoms with van der Waals surface area (Å²) in [6, 6.07) is 23.9. The van der Waals surface area contributed by atoms with Gasteiger partial charge in [-0.3, -0.25) is 10.0 Å². The predicted octanol–water partition coefficient (Wildman–Crippen LogP) is 6.36. The van der Waals surface area contributed by atoms with Gasteiger partial charge in [-0.1, -0.05) is 18.2 Å². The molecular weight excluding hydrogens is 546 g/mol. The number of anilines is 3. The average Bonchev–Trinajstić information content (AvgIpc) is 3.38. The van der Waals surface area contributed by atoms with Crippen LogP contribution in [0.3, 0.4) is 0 Å². The fourth-order valence-electron chi connectivity index (χ4n) is 5.21. The summed E-state index contributed by atoms with van der Waals surface area (Å²) in [7, 11) is 6.80. The van der Waals surface area contributed by atoms with Crippen molar-refractivity contribution in [1.82, 2.24) is 0 Å². The van der Waals surface area contributed by atoms with E-state index in [-0.39, 0.29) is 0 Å². The van der Waals surface area contributed by atoms with Crippen LogP contribution in [0.1, 0.15) is 29.8 Å². The topological polar surface area (TPSA) is 89.6 Å². The number of para-hydroxylation sites is 2. The first-order chi connectivity index (χ1) is 20.7. The highest BCUT2D eigenvalue weighted by Gasteiger charge is 2.33. The number of nitrogens with zero attached hydrogens (tertiary/aromatic N) is 2. The molecule has 1 heterocycles. The molecule has 0 saturated carbocycles. The molecule has 0 radical (unpaired) electrons. The van der Waals surface area contributed by atoms with Gasteiger partial charge in [-0.05, 0) is 74.0 Å². The molecule has 9 heteroatoms. The minimum Gasteiger partial charge on any atom is -0.497 e. The Morgan fingerprint density at radius 1 is 0.837 bits per heavy atom. The van der Waals surface area contributed by atoms with Crippen molar-refractivity contribution in [3.8, 4) is 34.1 Å². The fraction of sp³-hybridized carbons (Fsp3) is 0.235. The second kappa shape index (κ2) is 12.0. The minimum atomic E-state index is -0.777. The minimum absolute atomic E-state index is 0.358. The van der Waals surface area contributed by atoms with Gasteiger partial charge in [-0.2, -0.15) is 0 Å². The van der Waals surface area contributed by atoms with Crippen molar-refractivity contribution in [2.45, 2.75) is 25.9 Å². The highest BCUT2D eigenvalue weighted by atomic mass is 16.5. The number of nitrogens with one attached hydrogen (secondary N) is 1. The normalized spacial score (nSPS) is 12.4. The number of methoxy groups -OCH3 is 3. The summed E-state index contributed by atoms with van der Waals surface area (Å²) in [6.07, 6.45) is 0.898. The van der Waals surface area contributed by atoms with Crippen LogP contribution in [0.4, 0.5) is 17.1 Å². The Balaban J connectivity index is 1.54. The van der Waals surface area contributed by atoms with E-state index in [4.69, 9.17) is 18.9 Å². The number of benzene rings is 4. The smallest absolute Gasteiger partial charge is 0.343 e. The zero-order chi connectivity index (χ0) is 30.7. The summed E-state index contributed by atoms with van der Waals surface area (Å²) in [5.41, 5.74) is 5.08. The van der Waals surface area contributed by atoms with Crippen molar-refractivity contribution in [3.05, 3.63) is 90.0 Å². The Bertz CT molecular complexity index is 1650. The van der Waals surface area contributed by atoms with Gasteiger partial charge in [0.05, 0.1) is 56.0 Å². The number of hydrazine groups is 1. The number of ether oxygens (including phenoxy) is 4. The maximum Gasteiger partial charge on any atom is 0.343 e. The van der Waals surface area contributed by atoms with Crippen molar-refractivity contribution in [2.24, 2.45) is 0 Å². The fourth-order valence-corrected chi connectivity index (χ4v) is 5.21. The summed E-state index contributed by atoms with van der Waals surface area (Å²) < 4.78 is 22.3. The number of carbonyl (C=O) groups is 2. The lowest BCUT2D eigenvalue weighted by Crippen LogP contribution is -2.36. The molecule has 0 unspecified atom stereocenters. The van der Waals surface area contributed by atoms with Crippen LogP contribution >= 0.6 is 0 Å². The third-order valence-corrected chi connectivity index (χ3v) is 7.39. The number of hydrogen-bond donors (Lipinski definition) is 1. The first-order valence-corrected chi connectivity index (χ1v) is 13.8. The molecule has 0 saturated heterocycles. The monoisotopic (exact) mass is 581 g/mol. The largest absolute Gasteiger partial charge is 0.497 e. The Kier molecular flexibility index (Phi) is 8.16. The maximum atomic E-state index is 12.8. The van der Waals surface area contributed by atoms with Crippen LogP contribution in [-0.4, -0.2) is 46.2 Å². The van der Waals surface area contributed by atoms with Crippen LogP contribution in [0.5, 0.6) is 23.0 Å². The number of carbonyl (C=O) groups excluding carboxylic acids is 2. The van der Waals surface area contributed by atoms with E-state index < -0.39 is 11.5 Å². The zero-order valence-corrected chi connectivity index (χ0v) is 25.1. The predicted molar refractivity (Wildman–Crippen MR) is 168 cm³/mol. The Labute approximate surface area is 251 Å². The molecule has 222 valence electrons. The van der Waals surface area contributed by atoms with Crippen LogP contribution in [-0.2, 0) is 11.3 Å². The van der Waals surface area contributed by atoms with Crippen molar-refractivity contribution in [1.29, 1.82) is 0 Å². The van der Waals surface area contributed by atoms with Crippen molar-refractivity contribution >= 4 is 29.3 Å². The zero-order valence-electron chi connectivity index (χ0n) is 25.1. The molecule has 1 aliphatic rings. The molecule has 4 aromatic rings. The molecular formula is C34H35N3O6. The molecule has 0 spiro atoms. The molecule has 1 N–H and O–H groups in total. The average molecular weight is 582 g/mol. The van der Waals surface area contributed by atoms with Crippen LogP contribution in [0, 0.1) is 0 Å². The lowest BCUT2D eigenvalue weighted by Gasteiger charge is -2.31. The van der Waals surface area contributed by atoms with Crippen molar-refractivity contribution in [3.63, 3.8) is 0 Å². The molecule has 43 heavy (non-hydrogen) atoms. The highest BCUT2D eigenvalue weighted by molar-refractivity contribution is 5.92. The third kappa shape index (κ3) is 5.79. The van der Waals surface area contributed by atoms with Gasteiger partial charge >= 0.3 is 5.97 Å². The van der Waals surface area contributed by atoms with E-state index in [2.05, 4.69) is 15.3 Å². The molecule has 1 aliphatic heterocycles. The van der Waals surface area contributed by atoms with Gasteiger partial charge in [0.2, 0.25) is 0 Å². The molecule has 0 aromatic heterocycles. The van der Waals surface area contributed by atoms with Crippen LogP contribution in [0.25, 0.3) is 11.1 Å². The van der Waals surface area contributed by atoms with Gasteiger partial charge in [-0.25, -0.2) is 4.79 Å². The van der Waals surface area contributed by atoms with Crippen LogP contribution < -0.4 is 34.3 Å². The Morgan fingerprint density at radius 2 is 1.51 bits per heavy atom. The SMILES string of the molecule is COc1ccc(C(=O)Oc2ccc(-c3ccc(NC(C)(C)C=O)c4c3CN(c3ccccc3OC)N4C)c(OC)c2)cc1. The summed E-state index contributed by atoms with van der Waals surface area (Å²) in [5, 5.41) is 7.59. The van der Waals surface area contributed by atoms with Gasteiger partial charge < -0.3 is 29.1 Å².